The van der Waals surface area contributed by atoms with Gasteiger partial charge in [0.05, 0.1) is 12.0 Å². The van der Waals surface area contributed by atoms with E-state index in [0.29, 0.717) is 0 Å². The first-order valence-electron chi connectivity index (χ1n) is 3.96. The first kappa shape index (κ1) is 23.0. The third-order valence-corrected chi connectivity index (χ3v) is 3.42. The average Bonchev–Trinajstić information content (AvgIpc) is 2.44. The van der Waals surface area contributed by atoms with Crippen LogP contribution in [0.15, 0.2) is 0 Å². The third-order valence-electron chi connectivity index (χ3n) is 2.09. The van der Waals surface area contributed by atoms with Crippen molar-refractivity contribution >= 4 is 29.9 Å². The summed E-state index contributed by atoms with van der Waals surface area (Å²) in [6.07, 6.45) is 1.68. The topological polar surface area (TPSA) is 108 Å². The fraction of sp³-hybridized carbons (Fsp3) is 0.625. The Balaban J connectivity index is -0.000000653. The van der Waals surface area contributed by atoms with Gasteiger partial charge in [-0.3, -0.25) is 4.79 Å². The summed E-state index contributed by atoms with van der Waals surface area (Å²) < 4.78 is 0. The Morgan fingerprint density at radius 1 is 1.47 bits per heavy atom. The fourth-order valence-corrected chi connectivity index (χ4v) is 2.68. The van der Waals surface area contributed by atoms with Crippen LogP contribution in [-0.2, 0) is 14.4 Å². The van der Waals surface area contributed by atoms with Gasteiger partial charge in [-0.1, -0.05) is 6.92 Å². The number of nitrogens with zero attached hydrogens (tertiary/aromatic N) is 1. The van der Waals surface area contributed by atoms with E-state index < -0.39 is 22.8 Å². The number of carboxylic acid groups (broad SMARTS) is 1. The fourth-order valence-electron chi connectivity index (χ4n) is 1.45. The van der Waals surface area contributed by atoms with E-state index in [2.05, 4.69) is 0 Å². The molecule has 0 aromatic rings. The molecule has 0 bridgehead atoms. The van der Waals surface area contributed by atoms with E-state index >= 15 is 0 Å². The van der Waals surface area contributed by atoms with Gasteiger partial charge in [0.2, 0.25) is 5.91 Å². The predicted octanol–water partition coefficient (Wildman–Crippen LogP) is -7.64. The molecule has 2 atom stereocenters. The molecule has 0 aliphatic carbocycles. The quantitative estimate of drug-likeness (QED) is 0.367. The third kappa shape index (κ3) is 4.83. The Bertz CT molecular complexity index is 304. The van der Waals surface area contributed by atoms with Crippen LogP contribution in [0.25, 0.3) is 0 Å². The summed E-state index contributed by atoms with van der Waals surface area (Å²) in [6.45, 7) is 2.69. The molecular formula is C8H10NNa2O5S-. The molecule has 0 saturated carbocycles. The Morgan fingerprint density at radius 3 is 2.24 bits per heavy atom. The number of hydrogen-bond acceptors (Lipinski definition) is 6. The molecule has 9 heteroatoms. The maximum absolute atomic E-state index is 11.2. The van der Waals surface area contributed by atoms with Crippen LogP contribution in [0.3, 0.4) is 0 Å². The van der Waals surface area contributed by atoms with E-state index in [-0.39, 0.29) is 70.3 Å². The average molecular weight is 278 g/mol. The predicted molar refractivity (Wildman–Crippen MR) is 49.8 cm³/mol. The van der Waals surface area contributed by atoms with E-state index in [9.17, 15) is 19.5 Å². The van der Waals surface area contributed by atoms with Crippen LogP contribution in [-0.4, -0.2) is 45.2 Å². The van der Waals surface area contributed by atoms with Crippen molar-refractivity contribution < 1.29 is 84.1 Å². The second-order valence-electron chi connectivity index (χ2n) is 3.12. The molecule has 17 heavy (non-hydrogen) atoms. The minimum absolute atomic E-state index is 0. The molecule has 1 amide bonds. The van der Waals surface area contributed by atoms with Crippen molar-refractivity contribution in [2.45, 2.75) is 24.8 Å². The first-order chi connectivity index (χ1) is 6.42. The zero-order valence-corrected chi connectivity index (χ0v) is 15.0. The maximum atomic E-state index is 11.2. The molecule has 1 aliphatic rings. The number of amides is 1. The standard InChI is InChI=1S/C8H10NO4S.2Na.H2O/c1-5(11)9-6(7(12)13)3-14-8(9,2)4-10;;;/h6H,3H2,1-2H3,(H,12,13);;;1H2/q-1;2*+1;/p-2. The van der Waals surface area contributed by atoms with Crippen LogP contribution in [0.5, 0.6) is 0 Å². The summed E-state index contributed by atoms with van der Waals surface area (Å²) in [5.74, 6) is -1.64. The van der Waals surface area contributed by atoms with Gasteiger partial charge in [-0.05, 0) is 4.87 Å². The second-order valence-corrected chi connectivity index (χ2v) is 4.54. The van der Waals surface area contributed by atoms with E-state index in [4.69, 9.17) is 0 Å². The Labute approximate surface area is 148 Å². The molecule has 1 saturated heterocycles. The SMILES string of the molecule is CC(=O)N1C(C(=O)[O-])CSC1(C)[C-]=O.[Na+].[Na+].[OH-]. The van der Waals surface area contributed by atoms with Crippen LogP contribution in [0.1, 0.15) is 13.8 Å². The molecule has 0 spiro atoms. The van der Waals surface area contributed by atoms with Crippen molar-refractivity contribution in [1.82, 2.24) is 4.90 Å². The molecule has 1 aliphatic heterocycles. The number of aliphatic carboxylic acids is 1. The van der Waals surface area contributed by atoms with Gasteiger partial charge in [-0.2, -0.15) is 11.8 Å². The molecule has 1 heterocycles. The molecule has 1 N–H and O–H groups in total. The maximum Gasteiger partial charge on any atom is 1.00 e. The normalized spacial score (nSPS) is 26.0. The zero-order valence-electron chi connectivity index (χ0n) is 10.2. The zero-order chi connectivity index (χ0) is 10.9. The number of carbonyl (C=O) groups excluding carboxylic acids is 3. The molecule has 0 aromatic heterocycles. The van der Waals surface area contributed by atoms with Gasteiger partial charge >= 0.3 is 59.1 Å². The number of thioether (sulfide) groups is 1. The second kappa shape index (κ2) is 8.92. The van der Waals surface area contributed by atoms with E-state index in [1.54, 1.807) is 6.29 Å². The van der Waals surface area contributed by atoms with Crippen LogP contribution in [0.2, 0.25) is 0 Å². The van der Waals surface area contributed by atoms with Crippen molar-refractivity contribution in [1.29, 1.82) is 0 Å². The van der Waals surface area contributed by atoms with Gasteiger partial charge in [0, 0.05) is 12.7 Å². The van der Waals surface area contributed by atoms with E-state index in [0.717, 1.165) is 16.7 Å². The molecule has 1 fully saturated rings. The van der Waals surface area contributed by atoms with Crippen LogP contribution in [0, 0.1) is 0 Å². The monoisotopic (exact) mass is 278 g/mol. The molecular weight excluding hydrogens is 268 g/mol. The van der Waals surface area contributed by atoms with Crippen LogP contribution >= 0.6 is 11.8 Å². The van der Waals surface area contributed by atoms with Crippen LogP contribution < -0.4 is 64.2 Å². The summed E-state index contributed by atoms with van der Waals surface area (Å²) >= 11 is 1.08. The number of rotatable bonds is 2. The summed E-state index contributed by atoms with van der Waals surface area (Å²) in [4.78, 5) is 32.3. The van der Waals surface area contributed by atoms with Crippen LogP contribution in [0.4, 0.5) is 0 Å². The van der Waals surface area contributed by atoms with Crippen molar-refractivity contribution in [2.75, 3.05) is 5.75 Å². The van der Waals surface area contributed by atoms with Gasteiger partial charge in [0.15, 0.2) is 0 Å². The van der Waals surface area contributed by atoms with E-state index in [1.165, 1.54) is 13.8 Å². The number of hydrogen-bond donors (Lipinski definition) is 0. The van der Waals surface area contributed by atoms with Gasteiger partial charge in [-0.15, -0.1) is 0 Å². The molecule has 0 radical (unpaired) electrons. The van der Waals surface area contributed by atoms with Crippen molar-refractivity contribution in [3.8, 4) is 0 Å². The van der Waals surface area contributed by atoms with Gasteiger partial charge in [-0.25, -0.2) is 6.29 Å². The number of carbonyl (C=O) groups is 2. The first-order valence-corrected chi connectivity index (χ1v) is 4.95. The summed E-state index contributed by atoms with van der Waals surface area (Å²) in [5.41, 5.74) is 0. The largest absolute Gasteiger partial charge is 1.00 e. The van der Waals surface area contributed by atoms with Gasteiger partial charge in [0.25, 0.3) is 0 Å². The Morgan fingerprint density at radius 2 is 1.94 bits per heavy atom. The minimum Gasteiger partial charge on any atom is -0.870 e. The minimum atomic E-state index is -1.34. The molecule has 86 valence electrons. The number of carboxylic acids is 1. The summed E-state index contributed by atoms with van der Waals surface area (Å²) in [6, 6.07) is -1.04. The molecule has 0 aromatic carbocycles. The summed E-state index contributed by atoms with van der Waals surface area (Å²) in [5, 5.41) is 10.7. The summed E-state index contributed by atoms with van der Waals surface area (Å²) in [7, 11) is 0. The van der Waals surface area contributed by atoms with Crippen molar-refractivity contribution in [3.63, 3.8) is 0 Å². The Hall–Kier alpha value is 0.920. The molecule has 2 unspecified atom stereocenters. The molecule has 6 nitrogen and oxygen atoms in total. The van der Waals surface area contributed by atoms with Crippen molar-refractivity contribution in [2.24, 2.45) is 0 Å². The van der Waals surface area contributed by atoms with Gasteiger partial charge in [0.1, 0.15) is 0 Å². The van der Waals surface area contributed by atoms with Gasteiger partial charge < -0.3 is 25.1 Å². The van der Waals surface area contributed by atoms with Crippen molar-refractivity contribution in [3.05, 3.63) is 0 Å². The van der Waals surface area contributed by atoms with E-state index in [1.807, 2.05) is 0 Å². The Kier molecular flexibility index (Phi) is 12.1. The smallest absolute Gasteiger partial charge is 0.870 e. The molecule has 1 rings (SSSR count).